The molecule has 2 aliphatic heterocycles. The Labute approximate surface area is 164 Å². The van der Waals surface area contributed by atoms with E-state index in [0.717, 1.165) is 62.0 Å². The Bertz CT molecular complexity index is 1030. The van der Waals surface area contributed by atoms with Crippen molar-refractivity contribution in [1.82, 2.24) is 29.4 Å². The minimum atomic E-state index is 0.318. The molecule has 8 nitrogen and oxygen atoms in total. The van der Waals surface area contributed by atoms with Gasteiger partial charge in [-0.15, -0.1) is 0 Å². The summed E-state index contributed by atoms with van der Waals surface area (Å²) in [5.41, 5.74) is 6.00. The van der Waals surface area contributed by atoms with E-state index < -0.39 is 0 Å². The molecule has 3 aromatic heterocycles. The third kappa shape index (κ3) is 2.62. The molecule has 0 aromatic carbocycles. The van der Waals surface area contributed by atoms with Crippen molar-refractivity contribution >= 4 is 11.3 Å². The maximum atomic E-state index is 5.63. The van der Waals surface area contributed by atoms with E-state index in [2.05, 4.69) is 35.6 Å². The van der Waals surface area contributed by atoms with Gasteiger partial charge in [-0.1, -0.05) is 13.8 Å². The van der Waals surface area contributed by atoms with Crippen LogP contribution in [0.3, 0.4) is 0 Å². The van der Waals surface area contributed by atoms with Gasteiger partial charge in [0.15, 0.2) is 5.82 Å². The lowest BCUT2D eigenvalue weighted by Crippen LogP contribution is -2.32. The van der Waals surface area contributed by atoms with Crippen molar-refractivity contribution in [3.63, 3.8) is 0 Å². The molecule has 0 saturated carbocycles. The molecule has 8 heteroatoms. The Morgan fingerprint density at radius 3 is 2.89 bits per heavy atom. The van der Waals surface area contributed by atoms with Gasteiger partial charge in [-0.05, 0) is 19.3 Å². The highest BCUT2D eigenvalue weighted by Crippen LogP contribution is 2.35. The van der Waals surface area contributed by atoms with Crippen LogP contribution in [0.1, 0.15) is 60.6 Å². The number of hydrogen-bond donors (Lipinski definition) is 0. The molecule has 0 bridgehead atoms. The minimum Gasteiger partial charge on any atom is -0.381 e. The quantitative estimate of drug-likeness (QED) is 0.693. The van der Waals surface area contributed by atoms with Crippen molar-refractivity contribution in [2.45, 2.75) is 52.0 Å². The average Bonchev–Trinajstić information content (AvgIpc) is 3.40. The molecule has 1 atom stereocenters. The number of anilines is 1. The second-order valence-corrected chi connectivity index (χ2v) is 8.21. The summed E-state index contributed by atoms with van der Waals surface area (Å²) in [7, 11) is 2.06. The molecule has 5 rings (SSSR count). The van der Waals surface area contributed by atoms with E-state index in [1.54, 1.807) is 6.33 Å². The van der Waals surface area contributed by atoms with E-state index in [1.165, 1.54) is 17.0 Å². The number of rotatable bonds is 3. The largest absolute Gasteiger partial charge is 0.381 e. The fraction of sp³-hybridized carbons (Fsp3) is 0.600. The van der Waals surface area contributed by atoms with Gasteiger partial charge < -0.3 is 9.64 Å². The van der Waals surface area contributed by atoms with Crippen molar-refractivity contribution < 1.29 is 4.74 Å². The van der Waals surface area contributed by atoms with E-state index in [-0.39, 0.29) is 0 Å². The highest BCUT2D eigenvalue weighted by Gasteiger charge is 2.30. The molecule has 28 heavy (non-hydrogen) atoms. The first-order valence-corrected chi connectivity index (χ1v) is 10.1. The average molecular weight is 381 g/mol. The fourth-order valence-electron chi connectivity index (χ4n) is 4.62. The molecule has 0 N–H and O–H groups in total. The molecule has 0 spiro atoms. The normalized spacial score (nSPS) is 19.8. The summed E-state index contributed by atoms with van der Waals surface area (Å²) in [5.74, 6) is 2.60. The first kappa shape index (κ1) is 17.6. The molecule has 1 saturated heterocycles. The smallest absolute Gasteiger partial charge is 0.158 e. The lowest BCUT2D eigenvalue weighted by Gasteiger charge is -2.29. The number of aromatic nitrogens is 6. The van der Waals surface area contributed by atoms with E-state index >= 15 is 0 Å². The van der Waals surface area contributed by atoms with Gasteiger partial charge >= 0.3 is 0 Å². The third-order valence-electron chi connectivity index (χ3n) is 6.04. The summed E-state index contributed by atoms with van der Waals surface area (Å²) in [6.45, 7) is 9.70. The molecule has 3 aromatic rings. The Morgan fingerprint density at radius 1 is 1.29 bits per heavy atom. The molecule has 0 aliphatic carbocycles. The van der Waals surface area contributed by atoms with Crippen LogP contribution in [0.2, 0.25) is 0 Å². The van der Waals surface area contributed by atoms with Crippen LogP contribution in [0.5, 0.6) is 0 Å². The third-order valence-corrected chi connectivity index (χ3v) is 6.04. The second-order valence-electron chi connectivity index (χ2n) is 8.21. The van der Waals surface area contributed by atoms with E-state index in [0.29, 0.717) is 11.8 Å². The SMILES string of the molecule is Cc1nc([C@H]2CCOC2)c2c(N3CCc4c(c(C(C)C)nn4C)C3)ncnn12. The van der Waals surface area contributed by atoms with Crippen molar-refractivity contribution in [3.8, 4) is 0 Å². The molecule has 1 fully saturated rings. The second kappa shape index (κ2) is 6.55. The van der Waals surface area contributed by atoms with Gasteiger partial charge in [0.1, 0.15) is 17.7 Å². The van der Waals surface area contributed by atoms with Gasteiger partial charge in [0.05, 0.1) is 18.0 Å². The van der Waals surface area contributed by atoms with Crippen LogP contribution in [-0.2, 0) is 24.8 Å². The summed E-state index contributed by atoms with van der Waals surface area (Å²) in [6, 6.07) is 0. The van der Waals surface area contributed by atoms with Gasteiger partial charge in [-0.25, -0.2) is 14.5 Å². The molecular formula is C20H27N7O. The van der Waals surface area contributed by atoms with Crippen LogP contribution >= 0.6 is 0 Å². The van der Waals surface area contributed by atoms with Crippen LogP contribution in [0.15, 0.2) is 6.33 Å². The van der Waals surface area contributed by atoms with Crippen LogP contribution in [0.25, 0.3) is 5.52 Å². The zero-order valence-corrected chi connectivity index (χ0v) is 17.0. The fourth-order valence-corrected chi connectivity index (χ4v) is 4.62. The Hall–Kier alpha value is -2.48. The van der Waals surface area contributed by atoms with Crippen LogP contribution < -0.4 is 4.90 Å². The topological polar surface area (TPSA) is 73.4 Å². The standard InChI is InChI=1S/C20H27N7O/c1-12(2)17-15-9-26(7-5-16(15)25(4)24-17)20-19-18(14-6-8-28-10-14)23-13(3)27(19)22-11-21-20/h11-12,14H,5-10H2,1-4H3/t14-/m0/s1. The van der Waals surface area contributed by atoms with Crippen molar-refractivity contribution in [3.05, 3.63) is 34.8 Å². The molecule has 148 valence electrons. The number of hydrogen-bond acceptors (Lipinski definition) is 6. The zero-order valence-electron chi connectivity index (χ0n) is 17.0. The summed E-state index contributed by atoms with van der Waals surface area (Å²) in [4.78, 5) is 11.9. The van der Waals surface area contributed by atoms with Gasteiger partial charge in [-0.3, -0.25) is 4.68 Å². The first-order valence-electron chi connectivity index (χ1n) is 10.1. The summed E-state index contributed by atoms with van der Waals surface area (Å²) < 4.78 is 9.63. The minimum absolute atomic E-state index is 0.318. The summed E-state index contributed by atoms with van der Waals surface area (Å²) >= 11 is 0. The highest BCUT2D eigenvalue weighted by atomic mass is 16.5. The van der Waals surface area contributed by atoms with Gasteiger partial charge in [0, 0.05) is 50.3 Å². The van der Waals surface area contributed by atoms with Crippen LogP contribution in [0.4, 0.5) is 5.82 Å². The predicted molar refractivity (Wildman–Crippen MR) is 106 cm³/mol. The Balaban J connectivity index is 1.61. The molecular weight excluding hydrogens is 354 g/mol. The monoisotopic (exact) mass is 381 g/mol. The Kier molecular flexibility index (Phi) is 4.12. The number of imidazole rings is 1. The Morgan fingerprint density at radius 2 is 2.14 bits per heavy atom. The predicted octanol–water partition coefficient (Wildman–Crippen LogP) is 2.36. The van der Waals surface area contributed by atoms with E-state index in [9.17, 15) is 0 Å². The van der Waals surface area contributed by atoms with Crippen LogP contribution in [-0.4, -0.2) is 49.1 Å². The van der Waals surface area contributed by atoms with Gasteiger partial charge in [-0.2, -0.15) is 10.2 Å². The maximum absolute atomic E-state index is 5.63. The summed E-state index contributed by atoms with van der Waals surface area (Å²) in [6.07, 6.45) is 3.62. The van der Waals surface area contributed by atoms with Gasteiger partial charge in [0.2, 0.25) is 0 Å². The number of aryl methyl sites for hydroxylation is 2. The van der Waals surface area contributed by atoms with Crippen LogP contribution in [0, 0.1) is 6.92 Å². The highest BCUT2D eigenvalue weighted by molar-refractivity contribution is 5.73. The lowest BCUT2D eigenvalue weighted by molar-refractivity contribution is 0.193. The van der Waals surface area contributed by atoms with Gasteiger partial charge in [0.25, 0.3) is 0 Å². The van der Waals surface area contributed by atoms with Crippen molar-refractivity contribution in [2.24, 2.45) is 7.05 Å². The van der Waals surface area contributed by atoms with Crippen molar-refractivity contribution in [1.29, 1.82) is 0 Å². The molecule has 2 aliphatic rings. The zero-order chi connectivity index (χ0) is 19.4. The lowest BCUT2D eigenvalue weighted by atomic mass is 9.99. The molecule has 0 radical (unpaired) electrons. The molecule has 5 heterocycles. The number of fused-ring (bicyclic) bond motifs is 2. The summed E-state index contributed by atoms with van der Waals surface area (Å²) in [5, 5.41) is 9.27. The van der Waals surface area contributed by atoms with E-state index in [4.69, 9.17) is 19.8 Å². The first-order chi connectivity index (χ1) is 13.5. The molecule has 0 unspecified atom stereocenters. The van der Waals surface area contributed by atoms with E-state index in [1.807, 2.05) is 11.4 Å². The number of nitrogens with zero attached hydrogens (tertiary/aromatic N) is 7. The van der Waals surface area contributed by atoms with Crippen molar-refractivity contribution in [2.75, 3.05) is 24.7 Å². The maximum Gasteiger partial charge on any atom is 0.158 e. The number of ether oxygens (including phenoxy) is 1. The molecule has 0 amide bonds.